The summed E-state index contributed by atoms with van der Waals surface area (Å²) in [6, 6.07) is 0.465. The number of carbonyl (C=O) groups excluding carboxylic acids is 1. The Morgan fingerprint density at radius 2 is 2.38 bits per heavy atom. The van der Waals surface area contributed by atoms with Crippen LogP contribution in [0.1, 0.15) is 26.7 Å². The minimum atomic E-state index is 0.175. The molecule has 76 valence electrons. The van der Waals surface area contributed by atoms with Crippen molar-refractivity contribution in [1.82, 2.24) is 5.32 Å². The summed E-state index contributed by atoms with van der Waals surface area (Å²) < 4.78 is 5.16. The van der Waals surface area contributed by atoms with Crippen LogP contribution < -0.4 is 5.32 Å². The summed E-state index contributed by atoms with van der Waals surface area (Å²) in [5, 5.41) is 3.24. The van der Waals surface area contributed by atoms with Gasteiger partial charge in [-0.05, 0) is 6.42 Å². The summed E-state index contributed by atoms with van der Waals surface area (Å²) >= 11 is 0. The predicted molar refractivity (Wildman–Crippen MR) is 51.7 cm³/mol. The van der Waals surface area contributed by atoms with Crippen molar-refractivity contribution in [2.75, 3.05) is 19.8 Å². The van der Waals surface area contributed by atoms with E-state index >= 15 is 0 Å². The zero-order chi connectivity index (χ0) is 9.68. The van der Waals surface area contributed by atoms with E-state index in [1.165, 1.54) is 0 Å². The van der Waals surface area contributed by atoms with E-state index in [4.69, 9.17) is 4.74 Å². The van der Waals surface area contributed by atoms with Crippen LogP contribution in [0.3, 0.4) is 0 Å². The predicted octanol–water partition coefficient (Wildman–Crippen LogP) is 0.980. The van der Waals surface area contributed by atoms with Gasteiger partial charge in [0.2, 0.25) is 0 Å². The van der Waals surface area contributed by atoms with Gasteiger partial charge in [-0.1, -0.05) is 13.8 Å². The van der Waals surface area contributed by atoms with Crippen LogP contribution in [-0.2, 0) is 9.53 Å². The highest BCUT2D eigenvalue weighted by molar-refractivity contribution is 5.81. The maximum Gasteiger partial charge on any atom is 0.139 e. The monoisotopic (exact) mass is 185 g/mol. The van der Waals surface area contributed by atoms with Crippen LogP contribution in [0.15, 0.2) is 0 Å². The Hall–Kier alpha value is -0.410. The van der Waals surface area contributed by atoms with E-state index < -0.39 is 0 Å². The van der Waals surface area contributed by atoms with Crippen molar-refractivity contribution in [3.8, 4) is 0 Å². The molecule has 0 radical (unpaired) electrons. The Morgan fingerprint density at radius 3 is 2.92 bits per heavy atom. The molecule has 0 aliphatic carbocycles. The van der Waals surface area contributed by atoms with E-state index in [0.29, 0.717) is 24.9 Å². The van der Waals surface area contributed by atoms with Crippen molar-refractivity contribution in [2.24, 2.45) is 5.92 Å². The minimum Gasteiger partial charge on any atom is -0.381 e. The Balaban J connectivity index is 2.10. The van der Waals surface area contributed by atoms with Crippen LogP contribution in [0, 0.1) is 5.92 Å². The molecule has 0 aromatic heterocycles. The zero-order valence-corrected chi connectivity index (χ0v) is 8.51. The van der Waals surface area contributed by atoms with Gasteiger partial charge in [-0.25, -0.2) is 0 Å². The molecule has 1 rings (SSSR count). The third-order valence-electron chi connectivity index (χ3n) is 2.31. The molecular weight excluding hydrogens is 166 g/mol. The second-order valence-electron chi connectivity index (χ2n) is 3.89. The summed E-state index contributed by atoms with van der Waals surface area (Å²) in [6.45, 7) is 6.37. The fraction of sp³-hybridized carbons (Fsp3) is 0.900. The molecule has 0 spiro atoms. The number of ketones is 1. The molecule has 1 unspecified atom stereocenters. The Kier molecular flexibility index (Phi) is 4.39. The second kappa shape index (κ2) is 5.35. The quantitative estimate of drug-likeness (QED) is 0.694. The van der Waals surface area contributed by atoms with Gasteiger partial charge in [0.05, 0.1) is 6.61 Å². The van der Waals surface area contributed by atoms with Crippen LogP contribution in [0.2, 0.25) is 0 Å². The van der Waals surface area contributed by atoms with Gasteiger partial charge >= 0.3 is 0 Å². The van der Waals surface area contributed by atoms with Gasteiger partial charge in [0.25, 0.3) is 0 Å². The van der Waals surface area contributed by atoms with Gasteiger partial charge in [0.1, 0.15) is 5.78 Å². The van der Waals surface area contributed by atoms with Crippen LogP contribution in [-0.4, -0.2) is 31.6 Å². The van der Waals surface area contributed by atoms with Crippen molar-refractivity contribution < 1.29 is 9.53 Å². The molecule has 0 saturated carbocycles. The largest absolute Gasteiger partial charge is 0.381 e. The van der Waals surface area contributed by atoms with Crippen LogP contribution in [0.5, 0.6) is 0 Å². The van der Waals surface area contributed by atoms with Crippen LogP contribution in [0.25, 0.3) is 0 Å². The summed E-state index contributed by atoms with van der Waals surface area (Å²) in [6.07, 6.45) is 1.56. The summed E-state index contributed by atoms with van der Waals surface area (Å²) in [7, 11) is 0. The van der Waals surface area contributed by atoms with Gasteiger partial charge in [-0.2, -0.15) is 0 Å². The highest BCUT2D eigenvalue weighted by Gasteiger charge is 2.22. The lowest BCUT2D eigenvalue weighted by Crippen LogP contribution is -2.27. The number of nitrogens with one attached hydrogen (secondary N) is 1. The highest BCUT2D eigenvalue weighted by atomic mass is 16.5. The molecule has 0 aromatic rings. The first-order chi connectivity index (χ1) is 6.20. The molecule has 1 saturated heterocycles. The molecule has 1 atom stereocenters. The van der Waals surface area contributed by atoms with E-state index in [9.17, 15) is 4.79 Å². The van der Waals surface area contributed by atoms with Gasteiger partial charge in [0.15, 0.2) is 0 Å². The molecule has 0 bridgehead atoms. The smallest absolute Gasteiger partial charge is 0.139 e. The van der Waals surface area contributed by atoms with Gasteiger partial charge < -0.3 is 10.1 Å². The lowest BCUT2D eigenvalue weighted by molar-refractivity contribution is -0.122. The molecule has 3 heteroatoms. The summed E-state index contributed by atoms with van der Waals surface area (Å²) in [4.78, 5) is 11.5. The SMILES string of the molecule is CC(C)NCCC(=O)C1CCOC1. The molecule has 1 N–H and O–H groups in total. The molecule has 1 aliphatic heterocycles. The molecule has 1 fully saturated rings. The van der Waals surface area contributed by atoms with Crippen molar-refractivity contribution in [1.29, 1.82) is 0 Å². The first kappa shape index (κ1) is 10.7. The lowest BCUT2D eigenvalue weighted by Gasteiger charge is -2.09. The van der Waals surface area contributed by atoms with Gasteiger partial charge in [0, 0.05) is 31.5 Å². The third-order valence-corrected chi connectivity index (χ3v) is 2.31. The standard InChI is InChI=1S/C10H19NO2/c1-8(2)11-5-3-10(12)9-4-6-13-7-9/h8-9,11H,3-7H2,1-2H3. The first-order valence-electron chi connectivity index (χ1n) is 5.04. The molecule has 3 nitrogen and oxygen atoms in total. The highest BCUT2D eigenvalue weighted by Crippen LogP contribution is 2.14. The molecule has 13 heavy (non-hydrogen) atoms. The first-order valence-corrected chi connectivity index (χ1v) is 5.04. The Morgan fingerprint density at radius 1 is 1.62 bits per heavy atom. The Labute approximate surface area is 79.8 Å². The average Bonchev–Trinajstić information content (AvgIpc) is 2.55. The average molecular weight is 185 g/mol. The Bertz CT molecular complexity index is 162. The number of Topliss-reactive ketones (excluding diaryl/α,β-unsaturated/α-hetero) is 1. The molecule has 0 amide bonds. The van der Waals surface area contributed by atoms with E-state index in [-0.39, 0.29) is 5.92 Å². The van der Waals surface area contributed by atoms with Crippen LogP contribution in [0.4, 0.5) is 0 Å². The zero-order valence-electron chi connectivity index (χ0n) is 8.51. The number of hydrogen-bond donors (Lipinski definition) is 1. The molecule has 0 aromatic carbocycles. The van der Waals surface area contributed by atoms with E-state index in [0.717, 1.165) is 19.6 Å². The maximum absolute atomic E-state index is 11.5. The van der Waals surface area contributed by atoms with Crippen molar-refractivity contribution >= 4 is 5.78 Å². The van der Waals surface area contributed by atoms with Crippen LogP contribution >= 0.6 is 0 Å². The van der Waals surface area contributed by atoms with Gasteiger partial charge in [-0.3, -0.25) is 4.79 Å². The number of carbonyl (C=O) groups is 1. The molecular formula is C10H19NO2. The number of rotatable bonds is 5. The summed E-state index contributed by atoms with van der Waals surface area (Å²) in [5.74, 6) is 0.527. The van der Waals surface area contributed by atoms with E-state index in [1.807, 2.05) is 0 Å². The van der Waals surface area contributed by atoms with E-state index in [1.54, 1.807) is 0 Å². The van der Waals surface area contributed by atoms with E-state index in [2.05, 4.69) is 19.2 Å². The number of ether oxygens (including phenoxy) is 1. The third kappa shape index (κ3) is 3.87. The maximum atomic E-state index is 11.5. The van der Waals surface area contributed by atoms with Crippen molar-refractivity contribution in [3.05, 3.63) is 0 Å². The lowest BCUT2D eigenvalue weighted by atomic mass is 10.0. The van der Waals surface area contributed by atoms with Gasteiger partial charge in [-0.15, -0.1) is 0 Å². The molecule has 1 aliphatic rings. The fourth-order valence-corrected chi connectivity index (χ4v) is 1.48. The number of hydrogen-bond acceptors (Lipinski definition) is 3. The fourth-order valence-electron chi connectivity index (χ4n) is 1.48. The summed E-state index contributed by atoms with van der Waals surface area (Å²) in [5.41, 5.74) is 0. The molecule has 1 heterocycles. The topological polar surface area (TPSA) is 38.3 Å². The van der Waals surface area contributed by atoms with Crippen molar-refractivity contribution in [3.63, 3.8) is 0 Å². The van der Waals surface area contributed by atoms with Crippen molar-refractivity contribution in [2.45, 2.75) is 32.7 Å². The normalized spacial score (nSPS) is 22.5. The second-order valence-corrected chi connectivity index (χ2v) is 3.89. The minimum absolute atomic E-state index is 0.175.